The van der Waals surface area contributed by atoms with Gasteiger partial charge in [0.1, 0.15) is 12.1 Å². The predicted octanol–water partition coefficient (Wildman–Crippen LogP) is 4.23. The van der Waals surface area contributed by atoms with Crippen molar-refractivity contribution in [1.82, 2.24) is 9.97 Å². The van der Waals surface area contributed by atoms with Crippen LogP contribution in [0.1, 0.15) is 18.9 Å². The number of anilines is 1. The Bertz CT molecular complexity index is 619. The van der Waals surface area contributed by atoms with E-state index in [0.717, 1.165) is 12.0 Å². The monoisotopic (exact) mass is 343 g/mol. The molecule has 1 heterocycles. The number of nitrogens with two attached hydrogens (primary N) is 1. The molecule has 0 atom stereocenters. The molecule has 0 radical (unpaired) electrons. The van der Waals surface area contributed by atoms with Gasteiger partial charge in [-0.1, -0.05) is 24.9 Å². The van der Waals surface area contributed by atoms with Crippen LogP contribution < -0.4 is 5.73 Å². The van der Waals surface area contributed by atoms with E-state index < -0.39 is 5.82 Å². The van der Waals surface area contributed by atoms with Gasteiger partial charge in [0, 0.05) is 15.6 Å². The molecule has 6 heteroatoms. The molecule has 0 aliphatic rings. The molecule has 3 nitrogen and oxygen atoms in total. The van der Waals surface area contributed by atoms with Crippen LogP contribution in [0.5, 0.6) is 0 Å². The molecule has 0 fully saturated rings. The summed E-state index contributed by atoms with van der Waals surface area (Å²) in [6.45, 7) is 2.02. The van der Waals surface area contributed by atoms with E-state index in [9.17, 15) is 4.39 Å². The molecular formula is C13H12BrClFN3. The average molecular weight is 345 g/mol. The lowest BCUT2D eigenvalue weighted by molar-refractivity contribution is 0.630. The van der Waals surface area contributed by atoms with Crippen LogP contribution in [0, 0.1) is 5.82 Å². The van der Waals surface area contributed by atoms with Gasteiger partial charge in [0.25, 0.3) is 0 Å². The van der Waals surface area contributed by atoms with Gasteiger partial charge in [-0.15, -0.1) is 0 Å². The largest absolute Gasteiger partial charge is 0.383 e. The molecule has 0 aliphatic carbocycles. The first-order valence-electron chi connectivity index (χ1n) is 5.79. The second-order valence-corrected chi connectivity index (χ2v) is 5.29. The first-order valence-corrected chi connectivity index (χ1v) is 6.96. The lowest BCUT2D eigenvalue weighted by Crippen LogP contribution is -2.03. The Labute approximate surface area is 124 Å². The molecule has 1 aromatic heterocycles. The van der Waals surface area contributed by atoms with Crippen LogP contribution in [0.3, 0.4) is 0 Å². The Morgan fingerprint density at radius 2 is 2.11 bits per heavy atom. The van der Waals surface area contributed by atoms with Crippen molar-refractivity contribution in [3.63, 3.8) is 0 Å². The highest BCUT2D eigenvalue weighted by atomic mass is 79.9. The van der Waals surface area contributed by atoms with Crippen molar-refractivity contribution in [3.05, 3.63) is 39.3 Å². The number of benzene rings is 1. The zero-order valence-corrected chi connectivity index (χ0v) is 12.6. The van der Waals surface area contributed by atoms with Gasteiger partial charge in [-0.05, 0) is 34.5 Å². The fraction of sp³-hybridized carbons (Fsp3) is 0.231. The Balaban J connectivity index is 2.65. The van der Waals surface area contributed by atoms with Gasteiger partial charge >= 0.3 is 0 Å². The maximum Gasteiger partial charge on any atom is 0.152 e. The summed E-state index contributed by atoms with van der Waals surface area (Å²) in [7, 11) is 0. The minimum absolute atomic E-state index is 0.0390. The number of aromatic nitrogens is 2. The van der Waals surface area contributed by atoms with E-state index in [2.05, 4.69) is 25.9 Å². The summed E-state index contributed by atoms with van der Waals surface area (Å²) in [4.78, 5) is 8.11. The van der Waals surface area contributed by atoms with Crippen LogP contribution in [0.15, 0.2) is 22.9 Å². The maximum atomic E-state index is 14.2. The second kappa shape index (κ2) is 5.84. The fourth-order valence-corrected chi connectivity index (χ4v) is 2.33. The molecule has 0 amide bonds. The van der Waals surface area contributed by atoms with Crippen LogP contribution in [-0.4, -0.2) is 9.97 Å². The molecule has 0 saturated heterocycles. The summed E-state index contributed by atoms with van der Waals surface area (Å²) in [5, 5.41) is 0.0390. The third kappa shape index (κ3) is 2.72. The van der Waals surface area contributed by atoms with Crippen molar-refractivity contribution in [2.24, 2.45) is 0 Å². The van der Waals surface area contributed by atoms with Crippen LogP contribution in [0.25, 0.3) is 11.3 Å². The van der Waals surface area contributed by atoms with Gasteiger partial charge < -0.3 is 5.73 Å². The smallest absolute Gasteiger partial charge is 0.152 e. The predicted molar refractivity (Wildman–Crippen MR) is 78.5 cm³/mol. The van der Waals surface area contributed by atoms with Crippen molar-refractivity contribution < 1.29 is 4.39 Å². The van der Waals surface area contributed by atoms with Gasteiger partial charge in [0.15, 0.2) is 5.82 Å². The van der Waals surface area contributed by atoms with Gasteiger partial charge in [-0.3, -0.25) is 0 Å². The summed E-state index contributed by atoms with van der Waals surface area (Å²) in [5.74, 6) is -0.128. The molecule has 100 valence electrons. The minimum atomic E-state index is -0.508. The van der Waals surface area contributed by atoms with Crippen LogP contribution in [0.4, 0.5) is 10.2 Å². The molecule has 0 bridgehead atoms. The number of hydrogen-bond acceptors (Lipinski definition) is 3. The molecule has 19 heavy (non-hydrogen) atoms. The number of nitrogen functional groups attached to an aromatic ring is 1. The number of halogens is 3. The zero-order chi connectivity index (χ0) is 14.0. The minimum Gasteiger partial charge on any atom is -0.383 e. The average Bonchev–Trinajstić information content (AvgIpc) is 2.39. The number of rotatable bonds is 3. The molecule has 0 aliphatic heterocycles. The molecule has 2 N–H and O–H groups in total. The highest BCUT2D eigenvalue weighted by molar-refractivity contribution is 9.10. The molecular weight excluding hydrogens is 333 g/mol. The molecule has 0 spiro atoms. The Morgan fingerprint density at radius 3 is 2.79 bits per heavy atom. The van der Waals surface area contributed by atoms with Gasteiger partial charge in [-0.25, -0.2) is 14.4 Å². The summed E-state index contributed by atoms with van der Waals surface area (Å²) in [6.07, 6.45) is 2.89. The Morgan fingerprint density at radius 1 is 1.37 bits per heavy atom. The van der Waals surface area contributed by atoms with Gasteiger partial charge in [0.2, 0.25) is 0 Å². The molecule has 2 rings (SSSR count). The summed E-state index contributed by atoms with van der Waals surface area (Å²) >= 11 is 9.09. The molecule has 0 saturated carbocycles. The van der Waals surface area contributed by atoms with E-state index in [1.54, 1.807) is 12.1 Å². The quantitative estimate of drug-likeness (QED) is 0.848. The second-order valence-electron chi connectivity index (χ2n) is 4.06. The Hall–Kier alpha value is -1.20. The summed E-state index contributed by atoms with van der Waals surface area (Å²) < 4.78 is 14.7. The first kappa shape index (κ1) is 14.2. The van der Waals surface area contributed by atoms with E-state index in [-0.39, 0.29) is 5.02 Å². The van der Waals surface area contributed by atoms with Crippen molar-refractivity contribution in [3.8, 4) is 11.3 Å². The first-order chi connectivity index (χ1) is 9.06. The van der Waals surface area contributed by atoms with Crippen molar-refractivity contribution in [1.29, 1.82) is 0 Å². The van der Waals surface area contributed by atoms with Crippen molar-refractivity contribution in [2.45, 2.75) is 19.8 Å². The SMILES string of the molecule is CCCc1c(N)ncnc1-c1ccc(Br)c(Cl)c1F. The topological polar surface area (TPSA) is 51.8 Å². The van der Waals surface area contributed by atoms with E-state index >= 15 is 0 Å². The lowest BCUT2D eigenvalue weighted by Gasteiger charge is -2.11. The zero-order valence-electron chi connectivity index (χ0n) is 10.3. The number of hydrogen-bond donors (Lipinski definition) is 1. The maximum absolute atomic E-state index is 14.2. The van der Waals surface area contributed by atoms with Gasteiger partial charge in [-0.2, -0.15) is 0 Å². The van der Waals surface area contributed by atoms with Crippen molar-refractivity contribution >= 4 is 33.3 Å². The molecule has 2 aromatic rings. The Kier molecular flexibility index (Phi) is 4.37. The highest BCUT2D eigenvalue weighted by Gasteiger charge is 2.17. The third-order valence-corrected chi connectivity index (χ3v) is 4.03. The molecule has 1 aromatic carbocycles. The van der Waals surface area contributed by atoms with Crippen LogP contribution in [-0.2, 0) is 6.42 Å². The van der Waals surface area contributed by atoms with Gasteiger partial charge in [0.05, 0.1) is 10.7 Å². The van der Waals surface area contributed by atoms with Crippen LogP contribution in [0.2, 0.25) is 5.02 Å². The van der Waals surface area contributed by atoms with E-state index in [1.165, 1.54) is 6.33 Å². The fourth-order valence-electron chi connectivity index (χ4n) is 1.86. The lowest BCUT2D eigenvalue weighted by atomic mass is 10.0. The van der Waals surface area contributed by atoms with E-state index in [1.807, 2.05) is 6.92 Å². The summed E-state index contributed by atoms with van der Waals surface area (Å²) in [5.41, 5.74) is 7.44. The van der Waals surface area contributed by atoms with E-state index in [4.69, 9.17) is 17.3 Å². The van der Waals surface area contributed by atoms with E-state index in [0.29, 0.717) is 28.0 Å². The summed E-state index contributed by atoms with van der Waals surface area (Å²) in [6, 6.07) is 3.32. The third-order valence-electron chi connectivity index (χ3n) is 2.77. The number of nitrogens with zero attached hydrogens (tertiary/aromatic N) is 2. The standard InChI is InChI=1S/C13H12BrClFN3/c1-2-3-8-12(18-6-19-13(8)17)7-4-5-9(14)10(15)11(7)16/h4-6H,2-3H2,1H3,(H2,17,18,19). The normalized spacial score (nSPS) is 10.7. The van der Waals surface area contributed by atoms with Crippen molar-refractivity contribution in [2.75, 3.05) is 5.73 Å². The highest BCUT2D eigenvalue weighted by Crippen LogP contribution is 2.34. The van der Waals surface area contributed by atoms with Crippen LogP contribution >= 0.6 is 27.5 Å². The molecule has 0 unspecified atom stereocenters.